The first-order valence-electron chi connectivity index (χ1n) is 4.79. The Kier molecular flexibility index (Phi) is 2.23. The summed E-state index contributed by atoms with van der Waals surface area (Å²) in [6.45, 7) is 0.883. The zero-order valence-corrected chi connectivity index (χ0v) is 9.15. The first-order valence-corrected chi connectivity index (χ1v) is 4.79. The van der Waals surface area contributed by atoms with Crippen LogP contribution < -0.4 is 21.0 Å². The molecule has 0 aromatic carbocycles. The molecular weight excluding hydrogens is 208 g/mol. The fourth-order valence-electron chi connectivity index (χ4n) is 1.93. The van der Waals surface area contributed by atoms with E-state index in [1.54, 1.807) is 19.0 Å². The molecule has 84 valence electrons. The lowest BCUT2D eigenvalue weighted by molar-refractivity contribution is 0.778. The lowest BCUT2D eigenvalue weighted by atomic mass is 10.4. The molecule has 0 unspecified atom stereocenters. The maximum absolute atomic E-state index is 11.7. The van der Waals surface area contributed by atoms with Gasteiger partial charge in [-0.25, -0.2) is 4.79 Å². The fourth-order valence-corrected chi connectivity index (χ4v) is 1.93. The van der Waals surface area contributed by atoms with Crippen LogP contribution in [-0.4, -0.2) is 29.8 Å². The predicted molar refractivity (Wildman–Crippen MR) is 61.8 cm³/mol. The van der Waals surface area contributed by atoms with E-state index in [0.29, 0.717) is 24.7 Å². The molecule has 2 heterocycles. The second-order valence-electron chi connectivity index (χ2n) is 3.73. The van der Waals surface area contributed by atoms with Crippen LogP contribution in [-0.2, 0) is 7.05 Å². The van der Waals surface area contributed by atoms with Gasteiger partial charge in [0.25, 0.3) is 5.56 Å². The zero-order valence-electron chi connectivity index (χ0n) is 9.15. The minimum Gasteiger partial charge on any atom is -0.349 e. The number of aromatic nitrogens is 2. The Morgan fingerprint density at radius 2 is 2.12 bits per heavy atom. The number of anilines is 2. The van der Waals surface area contributed by atoms with Crippen LogP contribution in [0.3, 0.4) is 0 Å². The number of hydrogen-bond donors (Lipinski definition) is 1. The van der Waals surface area contributed by atoms with Crippen LogP contribution in [0, 0.1) is 12.3 Å². The van der Waals surface area contributed by atoms with Gasteiger partial charge in [-0.1, -0.05) is 5.92 Å². The molecule has 0 fully saturated rings. The van der Waals surface area contributed by atoms with Crippen LogP contribution in [0.2, 0.25) is 0 Å². The van der Waals surface area contributed by atoms with Crippen molar-refractivity contribution in [3.63, 3.8) is 0 Å². The van der Waals surface area contributed by atoms with Gasteiger partial charge in [0.05, 0.1) is 13.2 Å². The molecule has 1 aromatic heterocycles. The van der Waals surface area contributed by atoms with Gasteiger partial charge in [0.2, 0.25) is 0 Å². The largest absolute Gasteiger partial charge is 0.349 e. The lowest BCUT2D eigenvalue weighted by Gasteiger charge is -2.16. The Hall–Kier alpha value is -2.16. The van der Waals surface area contributed by atoms with Crippen molar-refractivity contribution in [1.29, 1.82) is 0 Å². The third-order valence-corrected chi connectivity index (χ3v) is 2.62. The summed E-state index contributed by atoms with van der Waals surface area (Å²) in [5.41, 5.74) is -0.321. The summed E-state index contributed by atoms with van der Waals surface area (Å²) < 4.78 is 1.40. The summed E-state index contributed by atoms with van der Waals surface area (Å²) in [6, 6.07) is 0. The van der Waals surface area contributed by atoms with E-state index >= 15 is 0 Å². The molecule has 0 spiro atoms. The minimum atomic E-state index is -0.430. The Labute approximate surface area is 92.1 Å². The smallest absolute Gasteiger partial charge is 0.329 e. The Morgan fingerprint density at radius 1 is 1.44 bits per heavy atom. The summed E-state index contributed by atoms with van der Waals surface area (Å²) in [6.07, 6.45) is 5.25. The van der Waals surface area contributed by atoms with Gasteiger partial charge in [-0.05, 0) is 0 Å². The number of nitrogens with zero attached hydrogens (tertiary/aromatic N) is 3. The normalized spacial score (nSPS) is 13.8. The summed E-state index contributed by atoms with van der Waals surface area (Å²) in [7, 11) is 3.40. The zero-order chi connectivity index (χ0) is 11.9. The van der Waals surface area contributed by atoms with Crippen molar-refractivity contribution in [2.24, 2.45) is 7.05 Å². The second-order valence-corrected chi connectivity index (χ2v) is 3.73. The SMILES string of the molecule is C#CCN1CN(C)c2c1n(C)c(=O)[nH]c2=O. The van der Waals surface area contributed by atoms with Gasteiger partial charge in [0.15, 0.2) is 0 Å². The molecule has 0 bridgehead atoms. The van der Waals surface area contributed by atoms with E-state index in [-0.39, 0.29) is 5.56 Å². The van der Waals surface area contributed by atoms with Crippen molar-refractivity contribution in [1.82, 2.24) is 9.55 Å². The molecule has 0 atom stereocenters. The van der Waals surface area contributed by atoms with E-state index in [4.69, 9.17) is 6.42 Å². The first kappa shape index (κ1) is 10.4. The molecule has 1 N–H and O–H groups in total. The standard InChI is InChI=1S/C10H12N4O2/c1-4-5-14-6-12(2)7-8(15)11-10(16)13(3)9(7)14/h1H,5-6H2,2-3H3,(H,11,15,16). The number of nitrogens with one attached hydrogen (secondary N) is 1. The highest BCUT2D eigenvalue weighted by molar-refractivity contribution is 5.71. The van der Waals surface area contributed by atoms with E-state index in [2.05, 4.69) is 10.9 Å². The predicted octanol–water partition coefficient (Wildman–Crippen LogP) is -1.08. The molecule has 2 rings (SSSR count). The van der Waals surface area contributed by atoms with E-state index in [0.717, 1.165) is 0 Å². The highest BCUT2D eigenvalue weighted by Crippen LogP contribution is 2.28. The first-order chi connectivity index (χ1) is 7.56. The van der Waals surface area contributed by atoms with Gasteiger partial charge in [-0.3, -0.25) is 14.3 Å². The van der Waals surface area contributed by atoms with Crippen molar-refractivity contribution in [2.45, 2.75) is 0 Å². The summed E-state index contributed by atoms with van der Waals surface area (Å²) in [4.78, 5) is 29.0. The van der Waals surface area contributed by atoms with Gasteiger partial charge in [-0.2, -0.15) is 0 Å². The topological polar surface area (TPSA) is 61.3 Å². The number of terminal acetylenes is 1. The summed E-state index contributed by atoms with van der Waals surface area (Å²) >= 11 is 0. The maximum Gasteiger partial charge on any atom is 0.329 e. The Bertz CT molecular complexity index is 578. The third kappa shape index (κ3) is 1.29. The van der Waals surface area contributed by atoms with Gasteiger partial charge >= 0.3 is 5.69 Å². The fraction of sp³-hybridized carbons (Fsp3) is 0.400. The quantitative estimate of drug-likeness (QED) is 0.612. The molecule has 1 aromatic rings. The van der Waals surface area contributed by atoms with Crippen molar-refractivity contribution in [3.05, 3.63) is 20.8 Å². The molecule has 0 aliphatic carbocycles. The van der Waals surface area contributed by atoms with E-state index < -0.39 is 5.69 Å². The molecular formula is C10H12N4O2. The average molecular weight is 220 g/mol. The van der Waals surface area contributed by atoms with Crippen LogP contribution in [0.5, 0.6) is 0 Å². The number of aromatic amines is 1. The average Bonchev–Trinajstić information content (AvgIpc) is 2.53. The van der Waals surface area contributed by atoms with E-state index in [9.17, 15) is 9.59 Å². The summed E-state index contributed by atoms with van der Waals surface area (Å²) in [5, 5.41) is 0. The Balaban J connectivity index is 2.72. The van der Waals surface area contributed by atoms with Gasteiger partial charge in [0.1, 0.15) is 11.5 Å². The van der Waals surface area contributed by atoms with Crippen LogP contribution in [0.4, 0.5) is 11.5 Å². The van der Waals surface area contributed by atoms with Crippen molar-refractivity contribution >= 4 is 11.5 Å². The molecule has 0 saturated heterocycles. The van der Waals surface area contributed by atoms with Crippen LogP contribution in [0.25, 0.3) is 0 Å². The minimum absolute atomic E-state index is 0.369. The highest BCUT2D eigenvalue weighted by Gasteiger charge is 2.28. The maximum atomic E-state index is 11.7. The second kappa shape index (κ2) is 3.45. The molecule has 1 aliphatic rings. The molecule has 6 nitrogen and oxygen atoms in total. The molecule has 6 heteroatoms. The van der Waals surface area contributed by atoms with E-state index in [1.165, 1.54) is 4.57 Å². The van der Waals surface area contributed by atoms with Gasteiger partial charge in [-0.15, -0.1) is 6.42 Å². The molecule has 0 saturated carbocycles. The number of hydrogen-bond acceptors (Lipinski definition) is 4. The highest BCUT2D eigenvalue weighted by atomic mass is 16.2. The number of H-pyrrole nitrogens is 1. The van der Waals surface area contributed by atoms with Crippen LogP contribution in [0.1, 0.15) is 0 Å². The molecule has 1 aliphatic heterocycles. The lowest BCUT2D eigenvalue weighted by Crippen LogP contribution is -2.32. The van der Waals surface area contributed by atoms with Gasteiger partial charge < -0.3 is 9.80 Å². The molecule has 16 heavy (non-hydrogen) atoms. The third-order valence-electron chi connectivity index (χ3n) is 2.62. The summed E-state index contributed by atoms with van der Waals surface area (Å²) in [5.74, 6) is 3.09. The van der Waals surface area contributed by atoms with Crippen LogP contribution >= 0.6 is 0 Å². The molecule has 0 radical (unpaired) electrons. The van der Waals surface area contributed by atoms with Gasteiger partial charge in [0, 0.05) is 14.1 Å². The Morgan fingerprint density at radius 3 is 2.75 bits per heavy atom. The van der Waals surface area contributed by atoms with Crippen molar-refractivity contribution < 1.29 is 0 Å². The van der Waals surface area contributed by atoms with E-state index in [1.807, 2.05) is 4.90 Å². The van der Waals surface area contributed by atoms with Crippen LogP contribution in [0.15, 0.2) is 9.59 Å². The number of rotatable bonds is 1. The number of fused-ring (bicyclic) bond motifs is 1. The van der Waals surface area contributed by atoms with Crippen molar-refractivity contribution in [3.8, 4) is 12.3 Å². The molecule has 0 amide bonds. The van der Waals surface area contributed by atoms with Crippen molar-refractivity contribution in [2.75, 3.05) is 30.1 Å². The monoisotopic (exact) mass is 220 g/mol.